The monoisotopic (exact) mass is 341 g/mol. The fourth-order valence-electron chi connectivity index (χ4n) is 1.69. The van der Waals surface area contributed by atoms with Crippen molar-refractivity contribution in [3.63, 3.8) is 0 Å². The molecular formula is C15H14F3N3O3. The summed E-state index contributed by atoms with van der Waals surface area (Å²) < 4.78 is 38.5. The molecule has 0 spiro atoms. The summed E-state index contributed by atoms with van der Waals surface area (Å²) in [4.78, 5) is 22.0. The van der Waals surface area contributed by atoms with Crippen molar-refractivity contribution >= 4 is 17.6 Å². The van der Waals surface area contributed by atoms with Gasteiger partial charge in [0.2, 0.25) is 0 Å². The smallest absolute Gasteiger partial charge is 0.418 e. The van der Waals surface area contributed by atoms with E-state index in [4.69, 9.17) is 10.4 Å². The number of nitriles is 1. The molecule has 0 radical (unpaired) electrons. The van der Waals surface area contributed by atoms with Crippen LogP contribution in [0.5, 0.6) is 0 Å². The normalized spacial score (nSPS) is 11.5. The van der Waals surface area contributed by atoms with Crippen molar-refractivity contribution < 1.29 is 27.9 Å². The van der Waals surface area contributed by atoms with E-state index >= 15 is 0 Å². The lowest BCUT2D eigenvalue weighted by Crippen LogP contribution is -2.26. The molecule has 3 N–H and O–H groups in total. The van der Waals surface area contributed by atoms with Gasteiger partial charge in [0.25, 0.3) is 5.91 Å². The number of nitrogens with zero attached hydrogens (tertiary/aromatic N) is 1. The van der Waals surface area contributed by atoms with Gasteiger partial charge in [0.1, 0.15) is 11.6 Å². The Morgan fingerprint density at radius 2 is 1.96 bits per heavy atom. The maximum atomic E-state index is 12.8. The summed E-state index contributed by atoms with van der Waals surface area (Å²) in [5.41, 5.74) is -1.65. The van der Waals surface area contributed by atoms with Crippen molar-refractivity contribution in [2.75, 3.05) is 11.9 Å². The number of carboxylic acids is 1. The first kappa shape index (κ1) is 19.0. The van der Waals surface area contributed by atoms with Crippen LogP contribution in [-0.4, -0.2) is 23.5 Å². The second-order valence-electron chi connectivity index (χ2n) is 4.61. The first-order chi connectivity index (χ1) is 11.3. The van der Waals surface area contributed by atoms with Crippen molar-refractivity contribution in [3.8, 4) is 6.07 Å². The number of amides is 1. The van der Waals surface area contributed by atoms with Gasteiger partial charge in [-0.1, -0.05) is 12.1 Å². The number of carbonyl (C=O) groups excluding carboxylic acids is 1. The molecule has 0 heterocycles. The van der Waals surface area contributed by atoms with Crippen LogP contribution in [0.25, 0.3) is 0 Å². The van der Waals surface area contributed by atoms with E-state index in [0.29, 0.717) is 0 Å². The zero-order chi connectivity index (χ0) is 18.2. The first-order valence-corrected chi connectivity index (χ1v) is 6.78. The lowest BCUT2D eigenvalue weighted by molar-refractivity contribution is -0.138. The van der Waals surface area contributed by atoms with E-state index in [1.54, 1.807) is 6.07 Å². The van der Waals surface area contributed by atoms with Gasteiger partial charge in [-0.3, -0.25) is 9.59 Å². The summed E-state index contributed by atoms with van der Waals surface area (Å²) in [5.74, 6) is -1.83. The number of halogens is 3. The zero-order valence-electron chi connectivity index (χ0n) is 12.4. The highest BCUT2D eigenvalue weighted by molar-refractivity contribution is 5.97. The van der Waals surface area contributed by atoms with Crippen LogP contribution in [-0.2, 0) is 15.8 Å². The minimum Gasteiger partial charge on any atom is -0.481 e. The van der Waals surface area contributed by atoms with Gasteiger partial charge in [-0.25, -0.2) is 0 Å². The Labute approximate surface area is 135 Å². The molecule has 0 unspecified atom stereocenters. The van der Waals surface area contributed by atoms with Gasteiger partial charge in [0.15, 0.2) is 0 Å². The molecule has 0 aliphatic heterocycles. The molecule has 6 nitrogen and oxygen atoms in total. The molecule has 0 atom stereocenters. The average Bonchev–Trinajstić information content (AvgIpc) is 2.51. The summed E-state index contributed by atoms with van der Waals surface area (Å²) in [5, 5.41) is 22.0. The van der Waals surface area contributed by atoms with Gasteiger partial charge in [-0.2, -0.15) is 18.4 Å². The molecule has 0 aromatic heterocycles. The Morgan fingerprint density at radius 1 is 1.29 bits per heavy atom. The maximum Gasteiger partial charge on any atom is 0.418 e. The lowest BCUT2D eigenvalue weighted by Gasteiger charge is -2.12. The van der Waals surface area contributed by atoms with Crippen molar-refractivity contribution in [2.24, 2.45) is 0 Å². The summed E-state index contributed by atoms with van der Waals surface area (Å²) >= 11 is 0. The molecule has 128 valence electrons. The molecule has 1 amide bonds. The minimum absolute atomic E-state index is 0.0310. The van der Waals surface area contributed by atoms with Crippen LogP contribution in [0.1, 0.15) is 18.4 Å². The third kappa shape index (κ3) is 6.00. The largest absolute Gasteiger partial charge is 0.481 e. The number of alkyl halides is 3. The van der Waals surface area contributed by atoms with Crippen LogP contribution in [0.3, 0.4) is 0 Å². The summed E-state index contributed by atoms with van der Waals surface area (Å²) in [6, 6.07) is 6.20. The van der Waals surface area contributed by atoms with E-state index in [1.165, 1.54) is 18.2 Å². The summed E-state index contributed by atoms with van der Waals surface area (Å²) in [6.45, 7) is 0.0310. The second kappa shape index (κ2) is 8.57. The number of hydrogen-bond acceptors (Lipinski definition) is 4. The number of para-hydroxylation sites is 1. The number of nitrogens with one attached hydrogen (secondary N) is 2. The third-order valence-corrected chi connectivity index (χ3v) is 2.82. The van der Waals surface area contributed by atoms with Crippen molar-refractivity contribution in [1.82, 2.24) is 5.32 Å². The molecule has 1 aromatic carbocycles. The predicted molar refractivity (Wildman–Crippen MR) is 78.6 cm³/mol. The van der Waals surface area contributed by atoms with Gasteiger partial charge in [-0.15, -0.1) is 0 Å². The lowest BCUT2D eigenvalue weighted by atomic mass is 10.1. The average molecular weight is 341 g/mol. The molecule has 1 aromatic rings. The maximum absolute atomic E-state index is 12.8. The van der Waals surface area contributed by atoms with Crippen molar-refractivity contribution in [2.45, 2.75) is 19.0 Å². The highest BCUT2D eigenvalue weighted by Crippen LogP contribution is 2.34. The van der Waals surface area contributed by atoms with Gasteiger partial charge in [0, 0.05) is 19.2 Å². The molecule has 0 bridgehead atoms. The molecule has 0 aliphatic carbocycles. The Kier molecular flexibility index (Phi) is 6.79. The Morgan fingerprint density at radius 3 is 2.54 bits per heavy atom. The van der Waals surface area contributed by atoms with E-state index in [0.717, 1.165) is 12.3 Å². The van der Waals surface area contributed by atoms with Crippen LogP contribution < -0.4 is 10.6 Å². The zero-order valence-corrected chi connectivity index (χ0v) is 12.4. The fourth-order valence-corrected chi connectivity index (χ4v) is 1.69. The van der Waals surface area contributed by atoms with Crippen LogP contribution >= 0.6 is 0 Å². The Hall–Kier alpha value is -3.02. The number of rotatable bonds is 7. The van der Waals surface area contributed by atoms with Crippen molar-refractivity contribution in [1.29, 1.82) is 5.26 Å². The molecule has 0 saturated carbocycles. The van der Waals surface area contributed by atoms with Crippen LogP contribution in [0.15, 0.2) is 36.0 Å². The number of benzene rings is 1. The molecular weight excluding hydrogens is 327 g/mol. The molecule has 24 heavy (non-hydrogen) atoms. The van der Waals surface area contributed by atoms with Crippen LogP contribution in [0.4, 0.5) is 18.9 Å². The molecule has 9 heteroatoms. The number of hydrogen-bond donors (Lipinski definition) is 3. The van der Waals surface area contributed by atoms with E-state index in [2.05, 4.69) is 10.6 Å². The number of anilines is 1. The SMILES string of the molecule is N#C/C(=C/Nc1ccccc1C(F)(F)F)C(=O)NCCCC(=O)O. The number of carboxylic acid groups (broad SMARTS) is 1. The fraction of sp³-hybridized carbons (Fsp3) is 0.267. The van der Waals surface area contributed by atoms with E-state index in [1.807, 2.05) is 0 Å². The first-order valence-electron chi connectivity index (χ1n) is 6.78. The molecule has 0 aliphatic rings. The quantitative estimate of drug-likeness (QED) is 0.402. The Balaban J connectivity index is 2.75. The van der Waals surface area contributed by atoms with E-state index in [9.17, 15) is 22.8 Å². The molecule has 0 fully saturated rings. The molecule has 0 saturated heterocycles. The van der Waals surface area contributed by atoms with Crippen molar-refractivity contribution in [3.05, 3.63) is 41.6 Å². The number of aliphatic carboxylic acids is 1. The van der Waals surface area contributed by atoms with Gasteiger partial charge >= 0.3 is 12.1 Å². The number of carbonyl (C=O) groups is 2. The minimum atomic E-state index is -4.58. The van der Waals surface area contributed by atoms with Gasteiger partial charge in [0.05, 0.1) is 11.3 Å². The third-order valence-electron chi connectivity index (χ3n) is 2.82. The Bertz CT molecular complexity index is 679. The highest BCUT2D eigenvalue weighted by atomic mass is 19.4. The summed E-state index contributed by atoms with van der Waals surface area (Å²) in [7, 11) is 0. The van der Waals surface area contributed by atoms with Crippen LogP contribution in [0.2, 0.25) is 0 Å². The summed E-state index contributed by atoms with van der Waals surface area (Å²) in [6.07, 6.45) is -3.69. The van der Waals surface area contributed by atoms with Crippen LogP contribution in [0, 0.1) is 11.3 Å². The van der Waals surface area contributed by atoms with Gasteiger partial charge < -0.3 is 15.7 Å². The topological polar surface area (TPSA) is 102 Å². The standard InChI is InChI=1S/C15H14F3N3O3/c16-15(17,18)11-4-1-2-5-12(11)21-9-10(8-19)14(24)20-7-3-6-13(22)23/h1-2,4-5,9,21H,3,6-7H2,(H,20,24)(H,22,23)/b10-9-. The highest BCUT2D eigenvalue weighted by Gasteiger charge is 2.33. The predicted octanol–water partition coefficient (Wildman–Crippen LogP) is 2.51. The second-order valence-corrected chi connectivity index (χ2v) is 4.61. The molecule has 1 rings (SSSR count). The van der Waals surface area contributed by atoms with E-state index < -0.39 is 29.2 Å². The van der Waals surface area contributed by atoms with Gasteiger partial charge in [-0.05, 0) is 18.6 Å². The van der Waals surface area contributed by atoms with E-state index in [-0.39, 0.29) is 25.1 Å².